The van der Waals surface area contributed by atoms with Crippen LogP contribution in [0.2, 0.25) is 5.02 Å². The predicted octanol–water partition coefficient (Wildman–Crippen LogP) is 4.55. The highest BCUT2D eigenvalue weighted by atomic mass is 35.5. The minimum atomic E-state index is 0.0826. The Morgan fingerprint density at radius 3 is 2.44 bits per heavy atom. The van der Waals surface area contributed by atoms with Gasteiger partial charge >= 0.3 is 0 Å². The van der Waals surface area contributed by atoms with E-state index in [0.717, 1.165) is 11.1 Å². The normalized spacial score (nSPS) is 12.0. The van der Waals surface area contributed by atoms with Gasteiger partial charge in [-0.1, -0.05) is 54.1 Å². The average molecular weight is 400 g/mol. The molecule has 0 saturated carbocycles. The van der Waals surface area contributed by atoms with Crippen molar-refractivity contribution in [2.45, 2.75) is 11.8 Å². The van der Waals surface area contributed by atoms with Gasteiger partial charge in [-0.15, -0.1) is 11.8 Å². The number of hydrogen-bond acceptors (Lipinski definition) is 3. The van der Waals surface area contributed by atoms with E-state index in [0.29, 0.717) is 17.3 Å². The number of hydrogen-bond donors (Lipinski definition) is 0. The van der Waals surface area contributed by atoms with Crippen LogP contribution in [-0.2, 0) is 18.4 Å². The molecular weight excluding hydrogens is 378 g/mol. The van der Waals surface area contributed by atoms with Gasteiger partial charge in [0, 0.05) is 37.4 Å². The van der Waals surface area contributed by atoms with Crippen LogP contribution < -0.4 is 0 Å². The molecule has 0 N–H and O–H groups in total. The Kier molecular flexibility index (Phi) is 6.58. The molecule has 2 aromatic carbocycles. The van der Waals surface area contributed by atoms with E-state index in [-0.39, 0.29) is 11.2 Å². The summed E-state index contributed by atoms with van der Waals surface area (Å²) < 4.78 is 1.74. The monoisotopic (exact) mass is 399 g/mol. The lowest BCUT2D eigenvalue weighted by atomic mass is 10.0. The summed E-state index contributed by atoms with van der Waals surface area (Å²) in [5.41, 5.74) is 3.33. The van der Waals surface area contributed by atoms with Gasteiger partial charge in [0.1, 0.15) is 0 Å². The van der Waals surface area contributed by atoms with Crippen molar-refractivity contribution in [3.63, 3.8) is 0 Å². The number of rotatable bonds is 7. The first-order valence-electron chi connectivity index (χ1n) is 8.66. The third-order valence-electron chi connectivity index (χ3n) is 4.25. The van der Waals surface area contributed by atoms with Gasteiger partial charge in [0.25, 0.3) is 0 Å². The van der Waals surface area contributed by atoms with Gasteiger partial charge in [0.15, 0.2) is 0 Å². The summed E-state index contributed by atoms with van der Waals surface area (Å²) in [5.74, 6) is 0.498. The summed E-state index contributed by atoms with van der Waals surface area (Å²) in [7, 11) is 3.70. The fraction of sp³-hybridized carbons (Fsp3) is 0.238. The highest BCUT2D eigenvalue weighted by Crippen LogP contribution is 2.36. The van der Waals surface area contributed by atoms with Gasteiger partial charge in [-0.2, -0.15) is 5.10 Å². The van der Waals surface area contributed by atoms with Crippen molar-refractivity contribution < 1.29 is 4.79 Å². The summed E-state index contributed by atoms with van der Waals surface area (Å²) in [4.78, 5) is 14.4. The van der Waals surface area contributed by atoms with E-state index >= 15 is 0 Å². The van der Waals surface area contributed by atoms with Gasteiger partial charge in [0.05, 0.1) is 17.2 Å². The molecule has 1 aromatic heterocycles. The molecule has 4 nitrogen and oxygen atoms in total. The standard InChI is InChI=1S/C21H22ClN3OS/c1-24(13-16-12-23-25(2)14-16)20(26)15-27-21(17-6-4-3-5-7-17)18-8-10-19(22)11-9-18/h3-12,14,21H,13,15H2,1-2H3. The molecule has 0 aliphatic rings. The molecule has 0 spiro atoms. The number of halogens is 1. The number of carbonyl (C=O) groups excluding carboxylic acids is 1. The van der Waals surface area contributed by atoms with Crippen molar-refractivity contribution in [2.75, 3.05) is 12.8 Å². The molecule has 0 radical (unpaired) electrons. The zero-order chi connectivity index (χ0) is 19.2. The Morgan fingerprint density at radius 1 is 1.15 bits per heavy atom. The maximum Gasteiger partial charge on any atom is 0.232 e. The summed E-state index contributed by atoms with van der Waals surface area (Å²) in [6, 6.07) is 18.1. The zero-order valence-corrected chi connectivity index (χ0v) is 17.0. The molecule has 1 unspecified atom stereocenters. The molecule has 0 aliphatic carbocycles. The first kappa shape index (κ1) is 19.5. The molecule has 1 amide bonds. The second kappa shape index (κ2) is 9.11. The van der Waals surface area contributed by atoms with Gasteiger partial charge in [0.2, 0.25) is 5.91 Å². The number of aromatic nitrogens is 2. The van der Waals surface area contributed by atoms with Crippen molar-refractivity contribution in [2.24, 2.45) is 7.05 Å². The molecule has 3 aromatic rings. The Labute approximate surface area is 169 Å². The van der Waals surface area contributed by atoms with Crippen LogP contribution in [0.5, 0.6) is 0 Å². The van der Waals surface area contributed by atoms with Crippen LogP contribution in [0.4, 0.5) is 0 Å². The maximum atomic E-state index is 12.6. The van der Waals surface area contributed by atoms with Crippen LogP contribution in [-0.4, -0.2) is 33.4 Å². The molecule has 0 bridgehead atoms. The number of carbonyl (C=O) groups is 1. The quantitative estimate of drug-likeness (QED) is 0.584. The third-order valence-corrected chi connectivity index (χ3v) is 5.80. The van der Waals surface area contributed by atoms with Crippen molar-refractivity contribution in [3.8, 4) is 0 Å². The Morgan fingerprint density at radius 2 is 1.81 bits per heavy atom. The number of thioether (sulfide) groups is 1. The number of nitrogens with zero attached hydrogens (tertiary/aromatic N) is 3. The van der Waals surface area contributed by atoms with E-state index < -0.39 is 0 Å². The van der Waals surface area contributed by atoms with Crippen LogP contribution in [0.25, 0.3) is 0 Å². The minimum Gasteiger partial charge on any atom is -0.341 e. The molecule has 0 saturated heterocycles. The van der Waals surface area contributed by atoms with Crippen molar-refractivity contribution in [3.05, 3.63) is 88.7 Å². The second-order valence-electron chi connectivity index (χ2n) is 6.43. The molecule has 3 rings (SSSR count). The van der Waals surface area contributed by atoms with E-state index in [9.17, 15) is 4.79 Å². The highest BCUT2D eigenvalue weighted by molar-refractivity contribution is 8.00. The van der Waals surface area contributed by atoms with Gasteiger partial charge < -0.3 is 4.90 Å². The lowest BCUT2D eigenvalue weighted by molar-refractivity contribution is -0.127. The smallest absolute Gasteiger partial charge is 0.232 e. The summed E-state index contributed by atoms with van der Waals surface area (Å²) in [6.45, 7) is 0.560. The van der Waals surface area contributed by atoms with Crippen molar-refractivity contribution >= 4 is 29.3 Å². The highest BCUT2D eigenvalue weighted by Gasteiger charge is 2.18. The Hall–Kier alpha value is -2.24. The second-order valence-corrected chi connectivity index (χ2v) is 7.96. The molecule has 0 fully saturated rings. The molecule has 1 atom stereocenters. The molecule has 0 aliphatic heterocycles. The summed E-state index contributed by atoms with van der Waals surface area (Å²) >= 11 is 7.67. The molecule has 6 heteroatoms. The lowest BCUT2D eigenvalue weighted by Gasteiger charge is -2.20. The van der Waals surface area contributed by atoms with E-state index in [2.05, 4.69) is 17.2 Å². The topological polar surface area (TPSA) is 38.1 Å². The third kappa shape index (κ3) is 5.37. The summed E-state index contributed by atoms with van der Waals surface area (Å²) in [6.07, 6.45) is 3.72. The van der Waals surface area contributed by atoms with Crippen molar-refractivity contribution in [1.82, 2.24) is 14.7 Å². The lowest BCUT2D eigenvalue weighted by Crippen LogP contribution is -2.28. The van der Waals surface area contributed by atoms with Gasteiger partial charge in [-0.25, -0.2) is 0 Å². The largest absolute Gasteiger partial charge is 0.341 e. The Bertz CT molecular complexity index is 880. The van der Waals surface area contributed by atoms with Crippen LogP contribution in [0.1, 0.15) is 21.9 Å². The van der Waals surface area contributed by atoms with Gasteiger partial charge in [-0.3, -0.25) is 9.48 Å². The number of amides is 1. The van der Waals surface area contributed by atoms with Crippen LogP contribution in [0, 0.1) is 0 Å². The minimum absolute atomic E-state index is 0.0826. The van der Waals surface area contributed by atoms with Crippen LogP contribution in [0.15, 0.2) is 67.0 Å². The first-order valence-corrected chi connectivity index (χ1v) is 10.1. The molecule has 27 heavy (non-hydrogen) atoms. The van der Waals surface area contributed by atoms with E-state index in [1.54, 1.807) is 27.5 Å². The molecular formula is C21H22ClN3OS. The fourth-order valence-electron chi connectivity index (χ4n) is 2.83. The number of benzene rings is 2. The average Bonchev–Trinajstić information content (AvgIpc) is 3.08. The predicted molar refractivity (Wildman–Crippen MR) is 112 cm³/mol. The zero-order valence-electron chi connectivity index (χ0n) is 15.4. The molecule has 1 heterocycles. The fourth-order valence-corrected chi connectivity index (χ4v) is 4.19. The van der Waals surface area contributed by atoms with E-state index in [1.807, 2.05) is 62.8 Å². The summed E-state index contributed by atoms with van der Waals surface area (Å²) in [5, 5.41) is 4.95. The number of aryl methyl sites for hydroxylation is 1. The van der Waals surface area contributed by atoms with Crippen LogP contribution >= 0.6 is 23.4 Å². The SMILES string of the molecule is CN(Cc1cnn(C)c1)C(=O)CSC(c1ccccc1)c1ccc(Cl)cc1. The Balaban J connectivity index is 1.68. The van der Waals surface area contributed by atoms with Gasteiger partial charge in [-0.05, 0) is 23.3 Å². The maximum absolute atomic E-state index is 12.6. The molecule has 140 valence electrons. The van der Waals surface area contributed by atoms with E-state index in [4.69, 9.17) is 11.6 Å². The van der Waals surface area contributed by atoms with Crippen LogP contribution in [0.3, 0.4) is 0 Å². The van der Waals surface area contributed by atoms with E-state index in [1.165, 1.54) is 5.56 Å². The first-order chi connectivity index (χ1) is 13.0. The van der Waals surface area contributed by atoms with Crippen molar-refractivity contribution in [1.29, 1.82) is 0 Å².